The zero-order valence-electron chi connectivity index (χ0n) is 6.21. The highest BCUT2D eigenvalue weighted by atomic mass is 16.5. The van der Waals surface area contributed by atoms with E-state index in [1.54, 1.807) is 6.20 Å². The summed E-state index contributed by atoms with van der Waals surface area (Å²) in [5, 5.41) is 9.81. The van der Waals surface area contributed by atoms with Crippen LogP contribution in [-0.4, -0.2) is 29.4 Å². The van der Waals surface area contributed by atoms with Crippen molar-refractivity contribution in [3.8, 4) is 0 Å². The lowest BCUT2D eigenvalue weighted by atomic mass is 10.2. The van der Waals surface area contributed by atoms with Gasteiger partial charge in [0.2, 0.25) is 0 Å². The molecule has 0 spiro atoms. The van der Waals surface area contributed by atoms with Crippen LogP contribution >= 0.6 is 0 Å². The summed E-state index contributed by atoms with van der Waals surface area (Å²) in [5.41, 5.74) is 1.04. The molecule has 60 valence electrons. The van der Waals surface area contributed by atoms with Crippen molar-refractivity contribution in [2.75, 3.05) is 13.1 Å². The Labute approximate surface area is 64.9 Å². The second kappa shape index (κ2) is 3.02. The minimum atomic E-state index is 0.401. The molecule has 1 fully saturated rings. The molecule has 0 aliphatic carbocycles. The van der Waals surface area contributed by atoms with Gasteiger partial charge in [0.15, 0.2) is 0 Å². The number of aromatic amines is 1. The summed E-state index contributed by atoms with van der Waals surface area (Å²) in [6, 6.07) is 1.92. The van der Waals surface area contributed by atoms with E-state index in [2.05, 4.69) is 15.5 Å². The van der Waals surface area contributed by atoms with Gasteiger partial charge in [0.1, 0.15) is 0 Å². The van der Waals surface area contributed by atoms with Gasteiger partial charge in [-0.05, 0) is 6.07 Å². The SMILES string of the molecule is c1cc(COC2CNC2)[nH]n1. The highest BCUT2D eigenvalue weighted by Gasteiger charge is 2.16. The van der Waals surface area contributed by atoms with Gasteiger partial charge < -0.3 is 10.1 Å². The number of H-pyrrole nitrogens is 1. The Hall–Kier alpha value is -0.870. The molecule has 1 aliphatic rings. The maximum absolute atomic E-state index is 5.49. The maximum atomic E-state index is 5.49. The second-order valence-electron chi connectivity index (χ2n) is 2.67. The van der Waals surface area contributed by atoms with E-state index in [0.29, 0.717) is 12.7 Å². The lowest BCUT2D eigenvalue weighted by Crippen LogP contribution is -2.48. The summed E-state index contributed by atoms with van der Waals surface area (Å²) >= 11 is 0. The third kappa shape index (κ3) is 1.58. The average Bonchev–Trinajstić information content (AvgIpc) is 2.36. The van der Waals surface area contributed by atoms with Crippen LogP contribution in [0.15, 0.2) is 12.3 Å². The predicted molar refractivity (Wildman–Crippen MR) is 40.0 cm³/mol. The van der Waals surface area contributed by atoms with Crippen LogP contribution in [0.1, 0.15) is 5.69 Å². The smallest absolute Gasteiger partial charge is 0.0887 e. The van der Waals surface area contributed by atoms with Crippen LogP contribution in [0.25, 0.3) is 0 Å². The van der Waals surface area contributed by atoms with Crippen LogP contribution in [0, 0.1) is 0 Å². The van der Waals surface area contributed by atoms with Gasteiger partial charge in [-0.2, -0.15) is 5.10 Å². The molecule has 1 aromatic rings. The maximum Gasteiger partial charge on any atom is 0.0887 e. The van der Waals surface area contributed by atoms with Gasteiger partial charge in [-0.1, -0.05) is 0 Å². The third-order valence-corrected chi connectivity index (χ3v) is 1.78. The molecule has 2 heterocycles. The van der Waals surface area contributed by atoms with E-state index in [1.165, 1.54) is 0 Å². The first kappa shape index (κ1) is 6.82. The van der Waals surface area contributed by atoms with Crippen LogP contribution in [-0.2, 0) is 11.3 Å². The zero-order valence-corrected chi connectivity index (χ0v) is 6.21. The molecule has 0 bridgehead atoms. The van der Waals surface area contributed by atoms with Gasteiger partial charge in [0.05, 0.1) is 18.4 Å². The summed E-state index contributed by atoms with van der Waals surface area (Å²) in [4.78, 5) is 0. The number of aromatic nitrogens is 2. The highest BCUT2D eigenvalue weighted by Crippen LogP contribution is 2.02. The number of hydrogen-bond acceptors (Lipinski definition) is 3. The Morgan fingerprint density at radius 3 is 3.09 bits per heavy atom. The Bertz CT molecular complexity index is 205. The van der Waals surface area contributed by atoms with Gasteiger partial charge in [-0.15, -0.1) is 0 Å². The van der Waals surface area contributed by atoms with Crippen molar-refractivity contribution in [2.24, 2.45) is 0 Å². The predicted octanol–water partition coefficient (Wildman–Crippen LogP) is -0.102. The van der Waals surface area contributed by atoms with Gasteiger partial charge in [0, 0.05) is 19.3 Å². The van der Waals surface area contributed by atoms with Crippen molar-refractivity contribution < 1.29 is 4.74 Å². The van der Waals surface area contributed by atoms with E-state index >= 15 is 0 Å². The summed E-state index contributed by atoms with van der Waals surface area (Å²) in [6.07, 6.45) is 2.14. The molecule has 0 aromatic carbocycles. The summed E-state index contributed by atoms with van der Waals surface area (Å²) in [7, 11) is 0. The normalized spacial score (nSPS) is 18.2. The van der Waals surface area contributed by atoms with Crippen molar-refractivity contribution in [3.05, 3.63) is 18.0 Å². The highest BCUT2D eigenvalue weighted by molar-refractivity contribution is 4.95. The molecule has 0 saturated carbocycles. The number of nitrogens with zero attached hydrogens (tertiary/aromatic N) is 1. The average molecular weight is 153 g/mol. The van der Waals surface area contributed by atoms with Crippen molar-refractivity contribution in [1.29, 1.82) is 0 Å². The van der Waals surface area contributed by atoms with E-state index in [4.69, 9.17) is 4.74 Å². The van der Waals surface area contributed by atoms with Crippen molar-refractivity contribution >= 4 is 0 Å². The monoisotopic (exact) mass is 153 g/mol. The molecular weight excluding hydrogens is 142 g/mol. The van der Waals surface area contributed by atoms with Gasteiger partial charge in [0.25, 0.3) is 0 Å². The molecular formula is C7H11N3O. The molecule has 0 radical (unpaired) electrons. The van der Waals surface area contributed by atoms with Crippen LogP contribution in [0.2, 0.25) is 0 Å². The van der Waals surface area contributed by atoms with E-state index in [1.807, 2.05) is 6.07 Å². The summed E-state index contributed by atoms with van der Waals surface area (Å²) in [6.45, 7) is 2.61. The minimum Gasteiger partial charge on any atom is -0.369 e. The van der Waals surface area contributed by atoms with Crippen LogP contribution < -0.4 is 5.32 Å². The fourth-order valence-electron chi connectivity index (χ4n) is 0.953. The first-order valence-corrected chi connectivity index (χ1v) is 3.76. The van der Waals surface area contributed by atoms with Crippen LogP contribution in [0.5, 0.6) is 0 Å². The number of ether oxygens (including phenoxy) is 1. The van der Waals surface area contributed by atoms with Crippen molar-refractivity contribution in [2.45, 2.75) is 12.7 Å². The lowest BCUT2D eigenvalue weighted by molar-refractivity contribution is 0.00604. The van der Waals surface area contributed by atoms with E-state index in [9.17, 15) is 0 Å². The molecule has 1 saturated heterocycles. The van der Waals surface area contributed by atoms with E-state index < -0.39 is 0 Å². The Morgan fingerprint density at radius 1 is 1.64 bits per heavy atom. The first-order valence-electron chi connectivity index (χ1n) is 3.76. The first-order chi connectivity index (χ1) is 5.45. The lowest BCUT2D eigenvalue weighted by Gasteiger charge is -2.26. The fraction of sp³-hybridized carbons (Fsp3) is 0.571. The second-order valence-corrected chi connectivity index (χ2v) is 2.67. The molecule has 2 rings (SSSR count). The summed E-state index contributed by atoms with van der Waals surface area (Å²) < 4.78 is 5.49. The number of hydrogen-bond donors (Lipinski definition) is 2. The third-order valence-electron chi connectivity index (χ3n) is 1.78. The van der Waals surface area contributed by atoms with Crippen LogP contribution in [0.4, 0.5) is 0 Å². The minimum absolute atomic E-state index is 0.401. The quantitative estimate of drug-likeness (QED) is 0.637. The van der Waals surface area contributed by atoms with Gasteiger partial charge in [-0.25, -0.2) is 0 Å². The zero-order chi connectivity index (χ0) is 7.52. The number of nitrogens with one attached hydrogen (secondary N) is 2. The van der Waals surface area contributed by atoms with E-state index in [-0.39, 0.29) is 0 Å². The topological polar surface area (TPSA) is 49.9 Å². The molecule has 2 N–H and O–H groups in total. The molecule has 0 unspecified atom stereocenters. The molecule has 1 aromatic heterocycles. The Kier molecular flexibility index (Phi) is 1.87. The molecule has 1 aliphatic heterocycles. The standard InChI is InChI=1S/C7H11N3O/c1-2-9-10-6(1)5-11-7-3-8-4-7/h1-2,7-8H,3-5H2,(H,9,10). The Morgan fingerprint density at radius 2 is 2.55 bits per heavy atom. The van der Waals surface area contributed by atoms with Gasteiger partial charge in [-0.3, -0.25) is 5.10 Å². The molecule has 4 heteroatoms. The van der Waals surface area contributed by atoms with Crippen molar-refractivity contribution in [1.82, 2.24) is 15.5 Å². The van der Waals surface area contributed by atoms with Crippen molar-refractivity contribution in [3.63, 3.8) is 0 Å². The number of rotatable bonds is 3. The largest absolute Gasteiger partial charge is 0.369 e. The van der Waals surface area contributed by atoms with Crippen LogP contribution in [0.3, 0.4) is 0 Å². The fourth-order valence-corrected chi connectivity index (χ4v) is 0.953. The van der Waals surface area contributed by atoms with E-state index in [0.717, 1.165) is 18.8 Å². The summed E-state index contributed by atoms with van der Waals surface area (Å²) in [5.74, 6) is 0. The molecule has 11 heavy (non-hydrogen) atoms. The molecule has 0 amide bonds. The Balaban J connectivity index is 1.74. The molecule has 4 nitrogen and oxygen atoms in total. The van der Waals surface area contributed by atoms with Gasteiger partial charge >= 0.3 is 0 Å². The molecule has 0 atom stereocenters.